The van der Waals surface area contributed by atoms with Crippen LogP contribution in [0.3, 0.4) is 0 Å². The van der Waals surface area contributed by atoms with Crippen molar-refractivity contribution >= 4 is 17.9 Å². The average Bonchev–Trinajstić information content (AvgIpc) is 3.19. The van der Waals surface area contributed by atoms with E-state index in [0.29, 0.717) is 17.4 Å². The van der Waals surface area contributed by atoms with Crippen LogP contribution >= 0.6 is 0 Å². The van der Waals surface area contributed by atoms with Crippen LogP contribution in [0.25, 0.3) is 0 Å². The van der Waals surface area contributed by atoms with Crippen LogP contribution in [0.1, 0.15) is 181 Å². The number of carboxylic acids is 1. The molecule has 0 amide bonds. The number of esters is 2. The second-order valence-electron chi connectivity index (χ2n) is 16.7. The fourth-order valence-electron chi connectivity index (χ4n) is 6.15. The highest BCUT2D eigenvalue weighted by Gasteiger charge is 2.21. The second kappa shape index (κ2) is 41.7. The van der Waals surface area contributed by atoms with E-state index in [1.165, 1.54) is 70.6 Å². The fraction of sp³-hybridized carbons (Fsp3) is 0.740. The number of allylic oxidation sites excluding steroid dienone is 10. The normalized spacial score (nSPS) is 13.4. The van der Waals surface area contributed by atoms with E-state index in [1.54, 1.807) is 0 Å². The number of quaternary nitrogens is 1. The maximum atomic E-state index is 12.8. The van der Waals surface area contributed by atoms with Crippen LogP contribution in [0.2, 0.25) is 0 Å². The molecule has 0 saturated carbocycles. The van der Waals surface area contributed by atoms with Gasteiger partial charge < -0.3 is 33.3 Å². The monoisotopic (exact) mass is 830 g/mol. The molecule has 0 aromatic carbocycles. The first-order chi connectivity index (χ1) is 28.6. The van der Waals surface area contributed by atoms with E-state index in [0.717, 1.165) is 77.0 Å². The third-order valence-electron chi connectivity index (χ3n) is 9.78. The highest BCUT2D eigenvalue weighted by Crippen LogP contribution is 2.14. The maximum absolute atomic E-state index is 12.8. The zero-order chi connectivity index (χ0) is 43.5. The first kappa shape index (κ1) is 56.0. The topological polar surface area (TPSA) is 111 Å². The molecule has 0 aliphatic heterocycles. The summed E-state index contributed by atoms with van der Waals surface area (Å²) in [5.41, 5.74) is 0. The molecule has 0 fully saturated rings. The zero-order valence-corrected chi connectivity index (χ0v) is 38.4. The van der Waals surface area contributed by atoms with Gasteiger partial charge in [-0.2, -0.15) is 0 Å². The fourth-order valence-corrected chi connectivity index (χ4v) is 6.15. The molecule has 0 heterocycles. The molecule has 59 heavy (non-hydrogen) atoms. The third-order valence-corrected chi connectivity index (χ3v) is 9.78. The smallest absolute Gasteiger partial charge is 0.306 e. The summed E-state index contributed by atoms with van der Waals surface area (Å²) in [5.74, 6) is -2.30. The van der Waals surface area contributed by atoms with E-state index < -0.39 is 24.3 Å². The van der Waals surface area contributed by atoms with Crippen LogP contribution < -0.4 is 5.11 Å². The summed E-state index contributed by atoms with van der Waals surface area (Å²) in [4.78, 5) is 36.9. The minimum Gasteiger partial charge on any atom is -0.545 e. The van der Waals surface area contributed by atoms with E-state index in [9.17, 15) is 19.5 Å². The summed E-state index contributed by atoms with van der Waals surface area (Å²) in [6, 6.07) is 0. The van der Waals surface area contributed by atoms with Gasteiger partial charge in [-0.05, 0) is 57.8 Å². The summed E-state index contributed by atoms with van der Waals surface area (Å²) < 4.78 is 22.5. The zero-order valence-electron chi connectivity index (χ0n) is 38.4. The predicted octanol–water partition coefficient (Wildman–Crippen LogP) is 11.2. The minimum absolute atomic E-state index is 0.145. The number of rotatable bonds is 42. The largest absolute Gasteiger partial charge is 0.545 e. The number of nitrogens with zero attached hydrogens (tertiary/aromatic N) is 1. The van der Waals surface area contributed by atoms with Crippen molar-refractivity contribution in [1.82, 2.24) is 0 Å². The molecule has 0 N–H and O–H groups in total. The molecule has 0 bridgehead atoms. The van der Waals surface area contributed by atoms with Gasteiger partial charge in [0, 0.05) is 12.8 Å². The Kier molecular flexibility index (Phi) is 39.6. The Bertz CT molecular complexity index is 1150. The number of carboxylic acid groups (broad SMARTS) is 1. The summed E-state index contributed by atoms with van der Waals surface area (Å²) >= 11 is 0. The lowest BCUT2D eigenvalue weighted by molar-refractivity contribution is -0.870. The lowest BCUT2D eigenvalue weighted by Crippen LogP contribution is -2.44. The standard InChI is InChI=1S/C50H87NO8/c1-6-8-10-12-14-16-17-18-19-20-21-22-23-24-25-26-27-28-29-30-31-33-35-37-39-41-48(53)59-46(45-58-50(49(54)55)56-43-42-51(3,4)5)44-57-47(52)40-38-36-34-32-15-13-11-9-7-2/h8,10,14,16,18-19,21-22,24-25,46,50H,6-7,9,11-13,15,17,20,23,26-45H2,1-5H3/b10-8-,16-14-,19-18-,22-21-,25-24-. The molecule has 9 heteroatoms. The molecule has 0 aliphatic carbocycles. The van der Waals surface area contributed by atoms with Crippen molar-refractivity contribution in [2.75, 3.05) is 47.5 Å². The van der Waals surface area contributed by atoms with Crippen LogP contribution in [-0.4, -0.2) is 82.3 Å². The molecule has 0 aromatic rings. The molecule has 0 spiro atoms. The van der Waals surface area contributed by atoms with E-state index in [1.807, 2.05) is 21.1 Å². The van der Waals surface area contributed by atoms with Crippen molar-refractivity contribution in [1.29, 1.82) is 0 Å². The number of carbonyl (C=O) groups is 3. The van der Waals surface area contributed by atoms with Crippen molar-refractivity contribution in [2.24, 2.45) is 0 Å². The molecular formula is C50H87NO8. The van der Waals surface area contributed by atoms with Crippen molar-refractivity contribution in [2.45, 2.75) is 193 Å². The maximum Gasteiger partial charge on any atom is 0.306 e. The Morgan fingerprint density at radius 3 is 1.44 bits per heavy atom. The van der Waals surface area contributed by atoms with Gasteiger partial charge in [0.2, 0.25) is 0 Å². The van der Waals surface area contributed by atoms with Gasteiger partial charge in [0.25, 0.3) is 0 Å². The first-order valence-electron chi connectivity index (χ1n) is 23.4. The highest BCUT2D eigenvalue weighted by atomic mass is 16.7. The van der Waals surface area contributed by atoms with Gasteiger partial charge in [-0.1, -0.05) is 171 Å². The Hall–Kier alpha value is -3.01. The van der Waals surface area contributed by atoms with Crippen molar-refractivity contribution < 1.29 is 42.9 Å². The molecule has 0 radical (unpaired) electrons. The summed E-state index contributed by atoms with van der Waals surface area (Å²) in [5, 5.41) is 11.7. The van der Waals surface area contributed by atoms with Gasteiger partial charge in [0.1, 0.15) is 13.2 Å². The third kappa shape index (κ3) is 42.9. The Labute approximate surface area is 361 Å². The number of hydrogen-bond donors (Lipinski definition) is 0. The molecule has 340 valence electrons. The van der Waals surface area contributed by atoms with Gasteiger partial charge in [0.15, 0.2) is 12.4 Å². The van der Waals surface area contributed by atoms with Gasteiger partial charge in [-0.3, -0.25) is 9.59 Å². The number of aliphatic carboxylic acids is 1. The molecule has 0 rings (SSSR count). The number of carbonyl (C=O) groups excluding carboxylic acids is 3. The Balaban J connectivity index is 4.29. The first-order valence-corrected chi connectivity index (χ1v) is 23.4. The number of hydrogen-bond acceptors (Lipinski definition) is 8. The summed E-state index contributed by atoms with van der Waals surface area (Å²) in [6.45, 7) is 4.58. The second-order valence-corrected chi connectivity index (χ2v) is 16.7. The van der Waals surface area contributed by atoms with Crippen LogP contribution in [0.4, 0.5) is 0 Å². The number of likely N-dealkylation sites (N-methyl/N-ethyl adjacent to an activating group) is 1. The number of unbranched alkanes of at least 4 members (excludes halogenated alkanes) is 17. The van der Waals surface area contributed by atoms with Crippen LogP contribution in [0, 0.1) is 0 Å². The molecular weight excluding hydrogens is 743 g/mol. The van der Waals surface area contributed by atoms with Crippen LogP contribution in [0.5, 0.6) is 0 Å². The van der Waals surface area contributed by atoms with Gasteiger partial charge in [-0.15, -0.1) is 0 Å². The highest BCUT2D eigenvalue weighted by molar-refractivity contribution is 5.70. The van der Waals surface area contributed by atoms with Gasteiger partial charge in [-0.25, -0.2) is 0 Å². The quantitative estimate of drug-likeness (QED) is 0.0197. The molecule has 9 nitrogen and oxygen atoms in total. The molecule has 2 unspecified atom stereocenters. The summed E-state index contributed by atoms with van der Waals surface area (Å²) in [7, 11) is 5.90. The SMILES string of the molecule is CC/C=C\C/C=C\C/C=C\C/C=C\C/C=C\CCCCCCCCCCCC(=O)OC(COC(=O)CCCCCCCCCCC)COC(OCC[N+](C)(C)C)C(=O)[O-]. The average molecular weight is 830 g/mol. The molecule has 0 aliphatic rings. The van der Waals surface area contributed by atoms with E-state index >= 15 is 0 Å². The predicted molar refractivity (Wildman–Crippen MR) is 242 cm³/mol. The summed E-state index contributed by atoms with van der Waals surface area (Å²) in [6.07, 6.45) is 46.9. The Morgan fingerprint density at radius 2 is 0.966 bits per heavy atom. The molecule has 2 atom stereocenters. The van der Waals surface area contributed by atoms with Crippen molar-refractivity contribution in [3.63, 3.8) is 0 Å². The minimum atomic E-state index is -1.62. The molecule has 0 aromatic heterocycles. The van der Waals surface area contributed by atoms with Gasteiger partial charge in [0.05, 0.1) is 40.3 Å². The Morgan fingerprint density at radius 1 is 0.525 bits per heavy atom. The molecule has 0 saturated heterocycles. The number of ether oxygens (including phenoxy) is 4. The van der Waals surface area contributed by atoms with E-state index in [4.69, 9.17) is 18.9 Å². The van der Waals surface area contributed by atoms with E-state index in [-0.39, 0.29) is 38.6 Å². The van der Waals surface area contributed by atoms with Crippen LogP contribution in [-0.2, 0) is 33.3 Å². The van der Waals surface area contributed by atoms with Crippen molar-refractivity contribution in [3.05, 3.63) is 60.8 Å². The van der Waals surface area contributed by atoms with E-state index in [2.05, 4.69) is 74.6 Å². The van der Waals surface area contributed by atoms with Crippen molar-refractivity contribution in [3.8, 4) is 0 Å². The van der Waals surface area contributed by atoms with Crippen LogP contribution in [0.15, 0.2) is 60.8 Å². The van der Waals surface area contributed by atoms with Gasteiger partial charge >= 0.3 is 11.9 Å². The lowest BCUT2D eigenvalue weighted by Gasteiger charge is -2.26. The lowest BCUT2D eigenvalue weighted by atomic mass is 10.1.